The van der Waals surface area contributed by atoms with Crippen molar-refractivity contribution in [3.63, 3.8) is 0 Å². The summed E-state index contributed by atoms with van der Waals surface area (Å²) in [5.41, 5.74) is 2.26. The van der Waals surface area contributed by atoms with E-state index in [0.29, 0.717) is 5.75 Å². The Kier molecular flexibility index (Phi) is 3.56. The first kappa shape index (κ1) is 12.3. The van der Waals surface area contributed by atoms with E-state index >= 15 is 0 Å². The molecular weight excluding hydrogens is 256 g/mol. The van der Waals surface area contributed by atoms with E-state index in [4.69, 9.17) is 4.74 Å². The van der Waals surface area contributed by atoms with E-state index in [1.807, 2.05) is 48.5 Å². The molecule has 1 saturated heterocycles. The van der Waals surface area contributed by atoms with Crippen molar-refractivity contribution in [2.24, 2.45) is 0 Å². The van der Waals surface area contributed by atoms with Crippen LogP contribution >= 0.6 is 11.8 Å². The molecule has 3 rings (SSSR count). The van der Waals surface area contributed by atoms with Gasteiger partial charge in [-0.15, -0.1) is 11.8 Å². The fraction of sp³-hybridized carbons (Fsp3) is 0.188. The molecule has 0 bridgehead atoms. The lowest BCUT2D eigenvalue weighted by Gasteiger charge is -2.31. The monoisotopic (exact) mass is 270 g/mol. The van der Waals surface area contributed by atoms with Gasteiger partial charge in [-0.2, -0.15) is 0 Å². The zero-order chi connectivity index (χ0) is 13.1. The zero-order valence-electron chi connectivity index (χ0n) is 10.4. The summed E-state index contributed by atoms with van der Waals surface area (Å²) < 4.78 is 5.58. The number of cyclic esters (lactones) is 1. The van der Waals surface area contributed by atoms with Gasteiger partial charge in [0, 0.05) is 0 Å². The fourth-order valence-electron chi connectivity index (χ4n) is 2.28. The van der Waals surface area contributed by atoms with Crippen LogP contribution in [0.5, 0.6) is 0 Å². The normalized spacial score (nSPS) is 22.8. The van der Waals surface area contributed by atoms with Crippen LogP contribution in [0.4, 0.5) is 0 Å². The van der Waals surface area contributed by atoms with Gasteiger partial charge < -0.3 is 4.74 Å². The highest BCUT2D eigenvalue weighted by molar-refractivity contribution is 8.00. The Morgan fingerprint density at radius 3 is 2.11 bits per heavy atom. The number of hydrogen-bond donors (Lipinski definition) is 0. The van der Waals surface area contributed by atoms with Gasteiger partial charge in [0.2, 0.25) is 0 Å². The number of hydrogen-bond acceptors (Lipinski definition) is 3. The summed E-state index contributed by atoms with van der Waals surface area (Å²) in [6, 6.07) is 20.2. The van der Waals surface area contributed by atoms with Gasteiger partial charge in [0.25, 0.3) is 0 Å². The van der Waals surface area contributed by atoms with Crippen molar-refractivity contribution in [1.82, 2.24) is 0 Å². The molecule has 0 saturated carbocycles. The lowest BCUT2D eigenvalue weighted by molar-refractivity contribution is -0.147. The number of carbonyl (C=O) groups is 1. The Balaban J connectivity index is 1.95. The number of thioether (sulfide) groups is 1. The third kappa shape index (κ3) is 2.66. The minimum atomic E-state index is -0.199. The molecule has 0 unspecified atom stereocenters. The Labute approximate surface area is 116 Å². The van der Waals surface area contributed by atoms with Crippen LogP contribution in [0.25, 0.3) is 0 Å². The predicted octanol–water partition coefficient (Wildman–Crippen LogP) is 3.76. The van der Waals surface area contributed by atoms with E-state index in [2.05, 4.69) is 12.1 Å². The lowest BCUT2D eigenvalue weighted by Crippen LogP contribution is -2.24. The van der Waals surface area contributed by atoms with Gasteiger partial charge in [-0.05, 0) is 11.1 Å². The van der Waals surface area contributed by atoms with Crippen molar-refractivity contribution in [2.45, 2.75) is 11.4 Å². The molecule has 0 N–H and O–H groups in total. The second kappa shape index (κ2) is 5.49. The molecule has 0 aliphatic carbocycles. The number of esters is 1. The van der Waals surface area contributed by atoms with E-state index in [1.165, 1.54) is 5.56 Å². The zero-order valence-corrected chi connectivity index (χ0v) is 11.2. The molecule has 2 aromatic rings. The molecule has 0 aromatic heterocycles. The van der Waals surface area contributed by atoms with Gasteiger partial charge in [-0.3, -0.25) is 4.79 Å². The summed E-state index contributed by atoms with van der Waals surface area (Å²) in [6.45, 7) is 0. The van der Waals surface area contributed by atoms with Crippen LogP contribution in [0.1, 0.15) is 22.5 Å². The van der Waals surface area contributed by atoms with Crippen LogP contribution in [-0.4, -0.2) is 11.7 Å². The average molecular weight is 270 g/mol. The van der Waals surface area contributed by atoms with Crippen molar-refractivity contribution >= 4 is 17.7 Å². The van der Waals surface area contributed by atoms with E-state index in [1.54, 1.807) is 11.8 Å². The maximum atomic E-state index is 11.6. The summed E-state index contributed by atoms with van der Waals surface area (Å²) in [5.74, 6) is 0.286. The molecule has 1 heterocycles. The molecule has 2 nitrogen and oxygen atoms in total. The molecule has 0 spiro atoms. The Morgan fingerprint density at radius 2 is 1.47 bits per heavy atom. The smallest absolute Gasteiger partial charge is 0.316 e. The average Bonchev–Trinajstić information content (AvgIpc) is 2.49. The summed E-state index contributed by atoms with van der Waals surface area (Å²) in [6.07, 6.45) is -0.199. The molecule has 0 radical (unpaired) electrons. The van der Waals surface area contributed by atoms with Crippen molar-refractivity contribution < 1.29 is 9.53 Å². The number of benzene rings is 2. The van der Waals surface area contributed by atoms with Crippen molar-refractivity contribution in [1.29, 1.82) is 0 Å². The van der Waals surface area contributed by atoms with E-state index in [0.717, 1.165) is 5.56 Å². The van der Waals surface area contributed by atoms with Crippen LogP contribution < -0.4 is 0 Å². The Bertz CT molecular complexity index is 553. The third-order valence-electron chi connectivity index (χ3n) is 3.17. The highest BCUT2D eigenvalue weighted by Gasteiger charge is 2.33. The summed E-state index contributed by atoms with van der Waals surface area (Å²) in [7, 11) is 0. The van der Waals surface area contributed by atoms with Gasteiger partial charge in [0.05, 0.1) is 11.0 Å². The molecule has 1 aliphatic rings. The Morgan fingerprint density at radius 1 is 0.895 bits per heavy atom. The first-order valence-electron chi connectivity index (χ1n) is 6.25. The SMILES string of the molecule is O=C1CS[C@@H](c2ccccc2)[C@@H](c2ccccc2)O1. The quantitative estimate of drug-likeness (QED) is 0.777. The van der Waals surface area contributed by atoms with Crippen LogP contribution in [0.15, 0.2) is 60.7 Å². The molecule has 1 fully saturated rings. The van der Waals surface area contributed by atoms with Gasteiger partial charge in [-0.25, -0.2) is 0 Å². The topological polar surface area (TPSA) is 26.3 Å². The van der Waals surface area contributed by atoms with Gasteiger partial charge in [-0.1, -0.05) is 60.7 Å². The van der Waals surface area contributed by atoms with E-state index in [-0.39, 0.29) is 17.3 Å². The van der Waals surface area contributed by atoms with Crippen molar-refractivity contribution in [2.75, 3.05) is 5.75 Å². The highest BCUT2D eigenvalue weighted by Crippen LogP contribution is 2.45. The van der Waals surface area contributed by atoms with Gasteiger partial charge in [0.15, 0.2) is 0 Å². The number of ether oxygens (including phenoxy) is 1. The summed E-state index contributed by atoms with van der Waals surface area (Å²) in [4.78, 5) is 11.6. The largest absolute Gasteiger partial charge is 0.455 e. The lowest BCUT2D eigenvalue weighted by atomic mass is 10.0. The maximum absolute atomic E-state index is 11.6. The number of carbonyl (C=O) groups excluding carboxylic acids is 1. The van der Waals surface area contributed by atoms with Crippen LogP contribution in [0.2, 0.25) is 0 Å². The maximum Gasteiger partial charge on any atom is 0.316 e. The third-order valence-corrected chi connectivity index (χ3v) is 4.45. The number of rotatable bonds is 2. The second-order valence-corrected chi connectivity index (χ2v) is 5.59. The van der Waals surface area contributed by atoms with E-state index < -0.39 is 0 Å². The molecule has 1 aliphatic heterocycles. The van der Waals surface area contributed by atoms with Gasteiger partial charge >= 0.3 is 5.97 Å². The second-order valence-electron chi connectivity index (χ2n) is 4.46. The molecule has 0 amide bonds. The molecule has 2 aromatic carbocycles. The molecule has 19 heavy (non-hydrogen) atoms. The standard InChI is InChI=1S/C16H14O2S/c17-14-11-19-16(13-9-5-2-6-10-13)15(18-14)12-7-3-1-4-8-12/h1-10,15-16H,11H2/t15-,16+/m1/s1. The van der Waals surface area contributed by atoms with Crippen LogP contribution in [0, 0.1) is 0 Å². The molecule has 3 heteroatoms. The first-order valence-corrected chi connectivity index (χ1v) is 7.30. The molecular formula is C16H14O2S. The van der Waals surface area contributed by atoms with E-state index in [9.17, 15) is 4.79 Å². The minimum absolute atomic E-state index is 0.133. The van der Waals surface area contributed by atoms with Gasteiger partial charge in [0.1, 0.15) is 6.10 Å². The predicted molar refractivity (Wildman–Crippen MR) is 76.9 cm³/mol. The highest BCUT2D eigenvalue weighted by atomic mass is 32.2. The summed E-state index contributed by atoms with van der Waals surface area (Å²) >= 11 is 1.65. The minimum Gasteiger partial charge on any atom is -0.455 e. The first-order chi connectivity index (χ1) is 9.34. The Hall–Kier alpha value is -1.74. The van der Waals surface area contributed by atoms with Crippen molar-refractivity contribution in [3.8, 4) is 0 Å². The van der Waals surface area contributed by atoms with Crippen molar-refractivity contribution in [3.05, 3.63) is 71.8 Å². The fourth-order valence-corrected chi connectivity index (χ4v) is 3.40. The summed E-state index contributed by atoms with van der Waals surface area (Å²) in [5, 5.41) is 0.168. The van der Waals surface area contributed by atoms with Crippen LogP contribution in [-0.2, 0) is 9.53 Å². The molecule has 2 atom stereocenters. The molecule has 96 valence electrons. The van der Waals surface area contributed by atoms with Crippen LogP contribution in [0.3, 0.4) is 0 Å².